The zero-order valence-electron chi connectivity index (χ0n) is 14.9. The first-order valence-corrected chi connectivity index (χ1v) is 9.58. The van der Waals surface area contributed by atoms with Gasteiger partial charge in [-0.25, -0.2) is 4.98 Å². The highest BCUT2D eigenvalue weighted by Gasteiger charge is 2.13. The normalized spacial score (nSPS) is 11.0. The van der Waals surface area contributed by atoms with Crippen LogP contribution in [0.15, 0.2) is 51.1 Å². The topological polar surface area (TPSA) is 99.2 Å². The summed E-state index contributed by atoms with van der Waals surface area (Å²) < 4.78 is 11.6. The van der Waals surface area contributed by atoms with Gasteiger partial charge in [0.15, 0.2) is 11.0 Å². The van der Waals surface area contributed by atoms with Crippen LogP contribution in [0.25, 0.3) is 10.9 Å². The number of thioether (sulfide) groups is 1. The smallest absolute Gasteiger partial charge is 0.262 e. The highest BCUT2D eigenvalue weighted by molar-refractivity contribution is 7.99. The average molecular weight is 388 g/mol. The molecular formula is C18H20N4O4S. The van der Waals surface area contributed by atoms with Gasteiger partial charge >= 0.3 is 0 Å². The lowest BCUT2D eigenvalue weighted by atomic mass is 10.2. The van der Waals surface area contributed by atoms with Crippen LogP contribution in [0.1, 0.15) is 13.3 Å². The van der Waals surface area contributed by atoms with Crippen molar-refractivity contribution in [2.24, 2.45) is 0 Å². The highest BCUT2D eigenvalue weighted by Crippen LogP contribution is 2.18. The van der Waals surface area contributed by atoms with Crippen molar-refractivity contribution in [3.63, 3.8) is 0 Å². The van der Waals surface area contributed by atoms with Crippen molar-refractivity contribution in [2.45, 2.75) is 25.0 Å². The molecule has 1 amide bonds. The molecule has 0 radical (unpaired) electrons. The van der Waals surface area contributed by atoms with E-state index in [0.29, 0.717) is 48.1 Å². The second-order valence-electron chi connectivity index (χ2n) is 5.64. The Kier molecular flexibility index (Phi) is 6.61. The SMILES string of the molecule is CCOCCCn1c(SCC(=O)Nc2ccon2)nc2ccccc2c1=O. The van der Waals surface area contributed by atoms with Crippen LogP contribution in [-0.4, -0.2) is 39.6 Å². The molecule has 0 aliphatic carbocycles. The molecule has 0 spiro atoms. The summed E-state index contributed by atoms with van der Waals surface area (Å²) in [4.78, 5) is 29.5. The summed E-state index contributed by atoms with van der Waals surface area (Å²) in [6, 6.07) is 8.75. The molecule has 3 rings (SSSR count). The third kappa shape index (κ3) is 4.95. The van der Waals surface area contributed by atoms with E-state index >= 15 is 0 Å². The van der Waals surface area contributed by atoms with Gasteiger partial charge in [-0.3, -0.25) is 14.2 Å². The Morgan fingerprint density at radius 2 is 2.19 bits per heavy atom. The van der Waals surface area contributed by atoms with E-state index in [1.54, 1.807) is 22.8 Å². The number of nitrogens with zero attached hydrogens (tertiary/aromatic N) is 3. The molecule has 0 aliphatic rings. The molecule has 0 bridgehead atoms. The first-order chi connectivity index (χ1) is 13.2. The number of carbonyl (C=O) groups excluding carboxylic acids is 1. The third-order valence-corrected chi connectivity index (χ3v) is 4.72. The van der Waals surface area contributed by atoms with Crippen molar-refractivity contribution in [3.8, 4) is 0 Å². The molecular weight excluding hydrogens is 368 g/mol. The molecule has 9 heteroatoms. The highest BCUT2D eigenvalue weighted by atomic mass is 32.2. The van der Waals surface area contributed by atoms with E-state index in [1.165, 1.54) is 18.0 Å². The molecule has 1 N–H and O–H groups in total. The van der Waals surface area contributed by atoms with E-state index in [0.717, 1.165) is 0 Å². The molecule has 0 unspecified atom stereocenters. The lowest BCUT2D eigenvalue weighted by molar-refractivity contribution is -0.113. The fourth-order valence-corrected chi connectivity index (χ4v) is 3.34. The van der Waals surface area contributed by atoms with Gasteiger partial charge in [0.2, 0.25) is 5.91 Å². The van der Waals surface area contributed by atoms with Gasteiger partial charge in [-0.05, 0) is 25.5 Å². The maximum atomic E-state index is 12.9. The number of anilines is 1. The third-order valence-electron chi connectivity index (χ3n) is 3.74. The lowest BCUT2D eigenvalue weighted by Crippen LogP contribution is -2.25. The maximum Gasteiger partial charge on any atom is 0.262 e. The Labute approximate surface area is 159 Å². The standard InChI is InChI=1S/C18H20N4O4S/c1-2-25-10-5-9-22-17(24)13-6-3-4-7-14(13)19-18(22)27-12-16(23)20-15-8-11-26-21-15/h3-4,6-8,11H,2,5,9-10,12H2,1H3,(H,20,21,23). The number of fused-ring (bicyclic) bond motifs is 1. The number of hydrogen-bond acceptors (Lipinski definition) is 7. The average Bonchev–Trinajstić information content (AvgIpc) is 3.18. The van der Waals surface area contributed by atoms with Crippen LogP contribution in [0.5, 0.6) is 0 Å². The Balaban J connectivity index is 1.78. The van der Waals surface area contributed by atoms with Crippen LogP contribution in [0.3, 0.4) is 0 Å². The number of benzene rings is 1. The summed E-state index contributed by atoms with van der Waals surface area (Å²) in [5.74, 6) is 0.196. The van der Waals surface area contributed by atoms with E-state index in [1.807, 2.05) is 19.1 Å². The number of hydrogen-bond donors (Lipinski definition) is 1. The van der Waals surface area contributed by atoms with Crippen LogP contribution in [0.4, 0.5) is 5.82 Å². The minimum atomic E-state index is -0.253. The minimum absolute atomic E-state index is 0.100. The predicted octanol–water partition coefficient (Wildman–Crippen LogP) is 2.54. The zero-order chi connectivity index (χ0) is 19.1. The van der Waals surface area contributed by atoms with E-state index in [9.17, 15) is 9.59 Å². The number of amides is 1. The minimum Gasteiger partial charge on any atom is -0.382 e. The predicted molar refractivity (Wildman–Crippen MR) is 103 cm³/mol. The van der Waals surface area contributed by atoms with Crippen molar-refractivity contribution < 1.29 is 14.1 Å². The van der Waals surface area contributed by atoms with Gasteiger partial charge in [0, 0.05) is 25.8 Å². The molecule has 0 atom stereocenters. The van der Waals surface area contributed by atoms with Gasteiger partial charge < -0.3 is 14.6 Å². The van der Waals surface area contributed by atoms with Crippen LogP contribution >= 0.6 is 11.8 Å². The van der Waals surface area contributed by atoms with Gasteiger partial charge in [0.25, 0.3) is 5.56 Å². The molecule has 0 saturated carbocycles. The summed E-state index contributed by atoms with van der Waals surface area (Å²) in [7, 11) is 0. The Morgan fingerprint density at radius 3 is 2.96 bits per heavy atom. The van der Waals surface area contributed by atoms with E-state index in [-0.39, 0.29) is 17.2 Å². The summed E-state index contributed by atoms with van der Waals surface area (Å²) in [6.45, 7) is 3.60. The van der Waals surface area contributed by atoms with Gasteiger partial charge in [0.1, 0.15) is 6.26 Å². The van der Waals surface area contributed by atoms with Gasteiger partial charge in [0.05, 0.1) is 16.7 Å². The van der Waals surface area contributed by atoms with E-state index in [2.05, 4.69) is 20.0 Å². The Morgan fingerprint density at radius 1 is 1.33 bits per heavy atom. The number of para-hydroxylation sites is 1. The zero-order valence-corrected chi connectivity index (χ0v) is 15.7. The molecule has 1 aromatic carbocycles. The second-order valence-corrected chi connectivity index (χ2v) is 6.58. The van der Waals surface area contributed by atoms with E-state index < -0.39 is 0 Å². The Bertz CT molecular complexity index is 956. The molecule has 27 heavy (non-hydrogen) atoms. The van der Waals surface area contributed by atoms with Crippen molar-refractivity contribution in [2.75, 3.05) is 24.3 Å². The molecule has 2 aromatic heterocycles. The summed E-state index contributed by atoms with van der Waals surface area (Å²) >= 11 is 1.21. The molecule has 3 aromatic rings. The van der Waals surface area contributed by atoms with Crippen molar-refractivity contribution in [3.05, 3.63) is 46.9 Å². The maximum absolute atomic E-state index is 12.9. The number of rotatable bonds is 9. The number of nitrogens with one attached hydrogen (secondary N) is 1. The van der Waals surface area contributed by atoms with Crippen molar-refractivity contribution in [1.82, 2.24) is 14.7 Å². The first kappa shape index (κ1) is 19.1. The molecule has 0 saturated heterocycles. The van der Waals surface area contributed by atoms with Crippen LogP contribution in [0.2, 0.25) is 0 Å². The number of ether oxygens (including phenoxy) is 1. The monoisotopic (exact) mass is 388 g/mol. The summed E-state index contributed by atoms with van der Waals surface area (Å²) in [5.41, 5.74) is 0.500. The lowest BCUT2D eigenvalue weighted by Gasteiger charge is -2.13. The fraction of sp³-hybridized carbons (Fsp3) is 0.333. The van der Waals surface area contributed by atoms with Crippen LogP contribution in [-0.2, 0) is 16.1 Å². The van der Waals surface area contributed by atoms with Crippen LogP contribution < -0.4 is 10.9 Å². The van der Waals surface area contributed by atoms with Gasteiger partial charge in [-0.2, -0.15) is 0 Å². The molecule has 0 fully saturated rings. The van der Waals surface area contributed by atoms with Crippen LogP contribution in [0, 0.1) is 0 Å². The second kappa shape index (κ2) is 9.33. The largest absolute Gasteiger partial charge is 0.382 e. The molecule has 8 nitrogen and oxygen atoms in total. The van der Waals surface area contributed by atoms with Crippen molar-refractivity contribution >= 4 is 34.4 Å². The number of carbonyl (C=O) groups is 1. The van der Waals surface area contributed by atoms with Crippen molar-refractivity contribution in [1.29, 1.82) is 0 Å². The van der Waals surface area contributed by atoms with E-state index in [4.69, 9.17) is 4.74 Å². The molecule has 142 valence electrons. The van der Waals surface area contributed by atoms with Gasteiger partial charge in [-0.1, -0.05) is 29.1 Å². The summed E-state index contributed by atoms with van der Waals surface area (Å²) in [6.07, 6.45) is 2.07. The molecule has 0 aliphatic heterocycles. The molecule has 2 heterocycles. The Hall–Kier alpha value is -2.65. The fourth-order valence-electron chi connectivity index (χ4n) is 2.51. The number of aromatic nitrogens is 3. The quantitative estimate of drug-likeness (QED) is 0.342. The van der Waals surface area contributed by atoms with Gasteiger partial charge in [-0.15, -0.1) is 0 Å². The first-order valence-electron chi connectivity index (χ1n) is 8.59. The summed E-state index contributed by atoms with van der Waals surface area (Å²) in [5, 5.41) is 7.33.